The van der Waals surface area contributed by atoms with Crippen LogP contribution in [-0.4, -0.2) is 14.7 Å². The Morgan fingerprint density at radius 2 is 1.92 bits per heavy atom. The van der Waals surface area contributed by atoms with Crippen molar-refractivity contribution >= 4 is 9.84 Å². The molecule has 65 valence electrons. The van der Waals surface area contributed by atoms with Crippen molar-refractivity contribution in [1.82, 2.24) is 0 Å². The number of sulfone groups is 1. The molecule has 0 fully saturated rings. The number of rotatable bonds is 1. The summed E-state index contributed by atoms with van der Waals surface area (Å²) >= 11 is 0. The minimum absolute atomic E-state index is 0.181. The average molecular weight is 189 g/mol. The maximum absolute atomic E-state index is 12.5. The quantitative estimate of drug-likeness (QED) is 0.670. The number of benzene rings is 1. The van der Waals surface area contributed by atoms with Crippen molar-refractivity contribution in [2.75, 3.05) is 6.26 Å². The zero-order chi connectivity index (χ0) is 9.35. The number of halogens is 1. The van der Waals surface area contributed by atoms with Crippen LogP contribution in [0, 0.1) is 5.82 Å². The van der Waals surface area contributed by atoms with E-state index in [1.165, 1.54) is 0 Å². The topological polar surface area (TPSA) is 54.0 Å². The second-order valence-electron chi connectivity index (χ2n) is 2.36. The van der Waals surface area contributed by atoms with Crippen LogP contribution in [0.15, 0.2) is 23.1 Å². The van der Waals surface area contributed by atoms with E-state index >= 15 is 0 Å². The highest BCUT2D eigenvalue weighted by Gasteiger charge is 2.10. The molecule has 3 nitrogen and oxygen atoms in total. The Morgan fingerprint density at radius 1 is 1.33 bits per heavy atom. The molecule has 12 heavy (non-hydrogen) atoms. The summed E-state index contributed by atoms with van der Waals surface area (Å²) in [5, 5.41) is 10.5. The third-order valence-electron chi connectivity index (χ3n) is 1.33. The van der Waals surface area contributed by atoms with Crippen LogP contribution in [0.5, 0.6) is 5.75 Å². The van der Waals surface area contributed by atoms with Gasteiger partial charge in [-0.25, -0.2) is 12.8 Å². The van der Waals surface area contributed by atoms with Crippen molar-refractivity contribution in [3.05, 3.63) is 24.0 Å². The van der Waals surface area contributed by atoms with Crippen LogP contribution in [0.1, 0.15) is 0 Å². The summed E-state index contributed by atoms with van der Waals surface area (Å²) in [6.07, 6.45) is 0.951. The lowest BCUT2D eigenvalue weighted by Gasteiger charge is -1.97. The number of hydrogen-bond acceptors (Lipinski definition) is 2. The van der Waals surface area contributed by atoms with E-state index < -0.39 is 21.4 Å². The predicted molar refractivity (Wildman–Crippen MR) is 39.6 cm³/mol. The molecule has 0 aliphatic heterocycles. The largest absolute Gasteiger partial charge is 0.287 e. The van der Waals surface area contributed by atoms with E-state index in [1.54, 1.807) is 0 Å². The van der Waals surface area contributed by atoms with E-state index in [-0.39, 0.29) is 4.90 Å². The highest BCUT2D eigenvalue weighted by molar-refractivity contribution is 7.90. The summed E-state index contributed by atoms with van der Waals surface area (Å²) in [5.41, 5.74) is 0. The van der Waals surface area contributed by atoms with Crippen LogP contribution in [0.4, 0.5) is 4.39 Å². The second-order valence-corrected chi connectivity index (χ2v) is 4.38. The lowest BCUT2D eigenvalue weighted by molar-refractivity contribution is 0.329. The molecule has 0 aromatic heterocycles. The van der Waals surface area contributed by atoms with Crippen LogP contribution in [0.3, 0.4) is 0 Å². The van der Waals surface area contributed by atoms with Crippen molar-refractivity contribution in [1.29, 1.82) is 0 Å². The fourth-order valence-corrected chi connectivity index (χ4v) is 1.34. The van der Waals surface area contributed by atoms with Crippen molar-refractivity contribution < 1.29 is 17.9 Å². The minimum atomic E-state index is -3.42. The molecule has 1 rings (SSSR count). The molecule has 0 heterocycles. The zero-order valence-corrected chi connectivity index (χ0v) is 7.06. The predicted octanol–water partition coefficient (Wildman–Crippen LogP) is 1.37. The van der Waals surface area contributed by atoms with Gasteiger partial charge in [-0.15, -0.1) is 0 Å². The highest BCUT2D eigenvalue weighted by Crippen LogP contribution is 2.19. The van der Waals surface area contributed by atoms with Crippen molar-refractivity contribution in [3.8, 4) is 5.75 Å². The minimum Gasteiger partial charge on any atom is -0.287 e. The molecule has 0 unspecified atom stereocenters. The van der Waals surface area contributed by atoms with E-state index in [1.807, 2.05) is 0 Å². The van der Waals surface area contributed by atoms with Gasteiger partial charge in [-0.3, -0.25) is 5.11 Å². The van der Waals surface area contributed by atoms with Crippen LogP contribution in [0.25, 0.3) is 0 Å². The maximum Gasteiger partial charge on any atom is 0.214 e. The lowest BCUT2D eigenvalue weighted by Crippen LogP contribution is -1.96. The van der Waals surface area contributed by atoms with Gasteiger partial charge in [-0.2, -0.15) is 0 Å². The van der Waals surface area contributed by atoms with Gasteiger partial charge in [0.25, 0.3) is 0 Å². The van der Waals surface area contributed by atoms with E-state index in [9.17, 15) is 17.9 Å². The lowest BCUT2D eigenvalue weighted by atomic mass is 10.3. The third kappa shape index (κ3) is 1.73. The SMILES string of the molecule is CS(=O)(=O)c1ccc([O])c(F)c1. The van der Waals surface area contributed by atoms with E-state index in [4.69, 9.17) is 0 Å². The van der Waals surface area contributed by atoms with Crippen molar-refractivity contribution in [3.63, 3.8) is 0 Å². The molecule has 0 saturated carbocycles. The molecule has 0 aliphatic rings. The molecule has 0 N–H and O–H groups in total. The molecule has 0 bridgehead atoms. The first kappa shape index (κ1) is 8.99. The third-order valence-corrected chi connectivity index (χ3v) is 2.44. The average Bonchev–Trinajstić information content (AvgIpc) is 1.92. The molecule has 0 atom stereocenters. The Kier molecular flexibility index (Phi) is 2.06. The Morgan fingerprint density at radius 3 is 2.33 bits per heavy atom. The van der Waals surface area contributed by atoms with Gasteiger partial charge in [-0.05, 0) is 18.2 Å². The molecule has 1 aromatic rings. The van der Waals surface area contributed by atoms with E-state index in [0.717, 1.165) is 24.5 Å². The summed E-state index contributed by atoms with van der Waals surface area (Å²) in [6.45, 7) is 0. The second kappa shape index (κ2) is 2.75. The van der Waals surface area contributed by atoms with Gasteiger partial charge in [0.05, 0.1) is 4.90 Å². The summed E-state index contributed by atoms with van der Waals surface area (Å²) in [6, 6.07) is 2.70. The first-order valence-corrected chi connectivity index (χ1v) is 4.97. The van der Waals surface area contributed by atoms with Gasteiger partial charge < -0.3 is 0 Å². The highest BCUT2D eigenvalue weighted by atomic mass is 32.2. The monoisotopic (exact) mass is 189 g/mol. The molecule has 0 aliphatic carbocycles. The first-order chi connectivity index (χ1) is 5.41. The summed E-state index contributed by atoms with van der Waals surface area (Å²) < 4.78 is 34.2. The Balaban J connectivity index is 3.33. The fourth-order valence-electron chi connectivity index (χ4n) is 0.712. The Bertz CT molecular complexity index is 397. The zero-order valence-electron chi connectivity index (χ0n) is 6.24. The van der Waals surface area contributed by atoms with Gasteiger partial charge in [0.1, 0.15) is 0 Å². The Labute approximate surface area is 69.4 Å². The molecule has 0 spiro atoms. The number of hydrogen-bond donors (Lipinski definition) is 0. The van der Waals surface area contributed by atoms with Gasteiger partial charge in [0.15, 0.2) is 15.7 Å². The molecule has 1 aromatic carbocycles. The first-order valence-electron chi connectivity index (χ1n) is 3.08. The van der Waals surface area contributed by atoms with Crippen LogP contribution >= 0.6 is 0 Å². The standard InChI is InChI=1S/C7H6FO3S/c1-12(10,11)5-2-3-7(9)6(8)4-5/h2-4H,1H3. The maximum atomic E-state index is 12.5. The molecule has 5 heteroatoms. The Hall–Kier alpha value is -1.10. The summed E-state index contributed by atoms with van der Waals surface area (Å²) in [5.74, 6) is -1.85. The van der Waals surface area contributed by atoms with Crippen LogP contribution < -0.4 is 0 Å². The normalized spacial score (nSPS) is 11.5. The van der Waals surface area contributed by atoms with Gasteiger partial charge in [-0.1, -0.05) is 0 Å². The van der Waals surface area contributed by atoms with E-state index in [0.29, 0.717) is 0 Å². The van der Waals surface area contributed by atoms with Crippen molar-refractivity contribution in [2.24, 2.45) is 0 Å². The van der Waals surface area contributed by atoms with Crippen LogP contribution in [0.2, 0.25) is 0 Å². The molecule has 0 amide bonds. The smallest absolute Gasteiger partial charge is 0.214 e. The molecular weight excluding hydrogens is 183 g/mol. The molecule has 0 saturated heterocycles. The van der Waals surface area contributed by atoms with Gasteiger partial charge >= 0.3 is 0 Å². The van der Waals surface area contributed by atoms with Crippen LogP contribution in [-0.2, 0) is 14.9 Å². The van der Waals surface area contributed by atoms with Gasteiger partial charge in [0, 0.05) is 6.26 Å². The summed E-state index contributed by atoms with van der Waals surface area (Å²) in [7, 11) is -3.42. The van der Waals surface area contributed by atoms with Crippen molar-refractivity contribution in [2.45, 2.75) is 4.90 Å². The van der Waals surface area contributed by atoms with E-state index in [2.05, 4.69) is 0 Å². The summed E-state index contributed by atoms with van der Waals surface area (Å²) in [4.78, 5) is -0.181. The molecule has 1 radical (unpaired) electrons. The fraction of sp³-hybridized carbons (Fsp3) is 0.143. The molecular formula is C7H6FO3S. The van der Waals surface area contributed by atoms with Gasteiger partial charge in [0.2, 0.25) is 5.75 Å².